The molecular formula is C13H25NO. The van der Waals surface area contributed by atoms with Crippen LogP contribution in [0.15, 0.2) is 0 Å². The van der Waals surface area contributed by atoms with Gasteiger partial charge in [0.05, 0.1) is 0 Å². The predicted octanol–water partition coefficient (Wildman–Crippen LogP) is 2.32. The topological polar surface area (TPSA) is 32.3 Å². The van der Waals surface area contributed by atoms with E-state index in [0.717, 1.165) is 5.92 Å². The Balaban J connectivity index is 1.67. The molecule has 2 heteroatoms. The van der Waals surface area contributed by atoms with E-state index in [4.69, 9.17) is 0 Å². The van der Waals surface area contributed by atoms with Crippen LogP contribution in [0.2, 0.25) is 0 Å². The molecule has 2 nitrogen and oxygen atoms in total. The van der Waals surface area contributed by atoms with Gasteiger partial charge in [0.25, 0.3) is 0 Å². The first-order valence-corrected chi connectivity index (χ1v) is 6.74. The molecule has 15 heavy (non-hydrogen) atoms. The smallest absolute Gasteiger partial charge is 0.0474 e. The van der Waals surface area contributed by atoms with Gasteiger partial charge in [-0.25, -0.2) is 0 Å². The van der Waals surface area contributed by atoms with Crippen molar-refractivity contribution in [1.29, 1.82) is 0 Å². The van der Waals surface area contributed by atoms with Crippen LogP contribution in [0.25, 0.3) is 0 Å². The van der Waals surface area contributed by atoms with Crippen molar-refractivity contribution in [3.05, 3.63) is 0 Å². The first-order chi connectivity index (χ1) is 7.40. The molecule has 0 aromatic carbocycles. The van der Waals surface area contributed by atoms with Crippen molar-refractivity contribution < 1.29 is 5.11 Å². The summed E-state index contributed by atoms with van der Waals surface area (Å²) in [6.07, 6.45) is 10.9. The molecule has 0 heterocycles. The maximum Gasteiger partial charge on any atom is 0.0474 e. The zero-order valence-corrected chi connectivity index (χ0v) is 9.75. The zero-order valence-electron chi connectivity index (χ0n) is 9.75. The summed E-state index contributed by atoms with van der Waals surface area (Å²) in [5, 5.41) is 12.9. The first kappa shape index (κ1) is 11.4. The average Bonchev–Trinajstić information content (AvgIpc) is 2.75. The molecule has 2 rings (SSSR count). The molecule has 0 bridgehead atoms. The fourth-order valence-electron chi connectivity index (χ4n) is 3.23. The summed E-state index contributed by atoms with van der Waals surface area (Å²) in [6, 6.07) is 0.608. The highest BCUT2D eigenvalue weighted by molar-refractivity contribution is 4.83. The molecule has 0 radical (unpaired) electrons. The van der Waals surface area contributed by atoms with Crippen LogP contribution in [0, 0.1) is 11.8 Å². The molecule has 0 saturated heterocycles. The minimum absolute atomic E-state index is 0.377. The molecule has 0 spiro atoms. The number of aliphatic hydroxyl groups excluding tert-OH is 1. The standard InChI is InChI=1S/C13H25NO/c15-10-12-7-4-8-13(12)14-9-11-5-2-1-3-6-11/h11-15H,1-10H2. The maximum absolute atomic E-state index is 9.23. The normalized spacial score (nSPS) is 33.4. The van der Waals surface area contributed by atoms with E-state index in [1.807, 2.05) is 0 Å². The molecule has 2 fully saturated rings. The van der Waals surface area contributed by atoms with Gasteiger partial charge in [0, 0.05) is 12.6 Å². The van der Waals surface area contributed by atoms with Crippen LogP contribution < -0.4 is 5.32 Å². The van der Waals surface area contributed by atoms with Crippen molar-refractivity contribution in [2.24, 2.45) is 11.8 Å². The largest absolute Gasteiger partial charge is 0.396 e. The summed E-state index contributed by atoms with van der Waals surface area (Å²) < 4.78 is 0. The number of aliphatic hydroxyl groups is 1. The Hall–Kier alpha value is -0.0800. The molecule has 2 unspecified atom stereocenters. The van der Waals surface area contributed by atoms with Crippen molar-refractivity contribution in [3.63, 3.8) is 0 Å². The third kappa shape index (κ3) is 3.18. The van der Waals surface area contributed by atoms with Crippen LogP contribution in [-0.2, 0) is 0 Å². The summed E-state index contributed by atoms with van der Waals surface area (Å²) in [5.41, 5.74) is 0. The van der Waals surface area contributed by atoms with Crippen molar-refractivity contribution in [2.45, 2.75) is 57.4 Å². The van der Waals surface area contributed by atoms with Crippen LogP contribution in [0.4, 0.5) is 0 Å². The van der Waals surface area contributed by atoms with E-state index < -0.39 is 0 Å². The second kappa shape index (κ2) is 5.86. The van der Waals surface area contributed by atoms with Gasteiger partial charge in [-0.3, -0.25) is 0 Å². The van der Waals surface area contributed by atoms with Gasteiger partial charge in [-0.2, -0.15) is 0 Å². The van der Waals surface area contributed by atoms with Crippen molar-refractivity contribution >= 4 is 0 Å². The molecule has 2 atom stereocenters. The Bertz CT molecular complexity index is 177. The molecule has 88 valence electrons. The molecular weight excluding hydrogens is 186 g/mol. The van der Waals surface area contributed by atoms with E-state index in [1.54, 1.807) is 0 Å². The van der Waals surface area contributed by atoms with Crippen LogP contribution in [0.1, 0.15) is 51.4 Å². The highest BCUT2D eigenvalue weighted by atomic mass is 16.3. The third-order valence-electron chi connectivity index (χ3n) is 4.29. The van der Waals surface area contributed by atoms with E-state index in [0.29, 0.717) is 18.6 Å². The van der Waals surface area contributed by atoms with E-state index >= 15 is 0 Å². The second-order valence-corrected chi connectivity index (χ2v) is 5.39. The summed E-state index contributed by atoms with van der Waals surface area (Å²) >= 11 is 0. The van der Waals surface area contributed by atoms with E-state index in [2.05, 4.69) is 5.32 Å². The minimum Gasteiger partial charge on any atom is -0.396 e. The lowest BCUT2D eigenvalue weighted by molar-refractivity contribution is 0.199. The van der Waals surface area contributed by atoms with Crippen LogP contribution >= 0.6 is 0 Å². The highest BCUT2D eigenvalue weighted by Crippen LogP contribution is 2.27. The Morgan fingerprint density at radius 1 is 0.933 bits per heavy atom. The third-order valence-corrected chi connectivity index (χ3v) is 4.29. The fourth-order valence-corrected chi connectivity index (χ4v) is 3.23. The monoisotopic (exact) mass is 211 g/mol. The van der Waals surface area contributed by atoms with Gasteiger partial charge < -0.3 is 10.4 Å². The quantitative estimate of drug-likeness (QED) is 0.748. The summed E-state index contributed by atoms with van der Waals surface area (Å²) in [6.45, 7) is 1.57. The predicted molar refractivity (Wildman–Crippen MR) is 62.8 cm³/mol. The van der Waals surface area contributed by atoms with Gasteiger partial charge in [-0.1, -0.05) is 25.7 Å². The number of hydrogen-bond acceptors (Lipinski definition) is 2. The molecule has 0 amide bonds. The lowest BCUT2D eigenvalue weighted by Gasteiger charge is -2.26. The Morgan fingerprint density at radius 3 is 2.47 bits per heavy atom. The second-order valence-electron chi connectivity index (χ2n) is 5.39. The lowest BCUT2D eigenvalue weighted by Crippen LogP contribution is -2.37. The molecule has 0 aromatic heterocycles. The Kier molecular flexibility index (Phi) is 4.45. The molecule has 0 aliphatic heterocycles. The lowest BCUT2D eigenvalue weighted by atomic mass is 9.89. The van der Waals surface area contributed by atoms with Gasteiger partial charge in [0.15, 0.2) is 0 Å². The fraction of sp³-hybridized carbons (Fsp3) is 1.00. The van der Waals surface area contributed by atoms with Gasteiger partial charge in [-0.15, -0.1) is 0 Å². The summed E-state index contributed by atoms with van der Waals surface area (Å²) in [4.78, 5) is 0. The zero-order chi connectivity index (χ0) is 10.5. The van der Waals surface area contributed by atoms with E-state index in [-0.39, 0.29) is 0 Å². The Morgan fingerprint density at radius 2 is 1.73 bits per heavy atom. The van der Waals surface area contributed by atoms with Crippen molar-refractivity contribution in [1.82, 2.24) is 5.32 Å². The summed E-state index contributed by atoms with van der Waals surface area (Å²) in [5.74, 6) is 1.45. The van der Waals surface area contributed by atoms with Crippen LogP contribution in [0.3, 0.4) is 0 Å². The van der Waals surface area contributed by atoms with E-state index in [1.165, 1.54) is 57.9 Å². The summed E-state index contributed by atoms with van der Waals surface area (Å²) in [7, 11) is 0. The maximum atomic E-state index is 9.23. The highest BCUT2D eigenvalue weighted by Gasteiger charge is 2.26. The number of hydrogen-bond donors (Lipinski definition) is 2. The SMILES string of the molecule is OCC1CCCC1NCC1CCCCC1. The van der Waals surface area contributed by atoms with Gasteiger partial charge >= 0.3 is 0 Å². The number of rotatable bonds is 4. The molecule has 2 aliphatic rings. The van der Waals surface area contributed by atoms with Crippen molar-refractivity contribution in [3.8, 4) is 0 Å². The average molecular weight is 211 g/mol. The molecule has 2 N–H and O–H groups in total. The first-order valence-electron chi connectivity index (χ1n) is 6.74. The van der Waals surface area contributed by atoms with E-state index in [9.17, 15) is 5.11 Å². The van der Waals surface area contributed by atoms with Crippen LogP contribution in [-0.4, -0.2) is 24.3 Å². The van der Waals surface area contributed by atoms with Gasteiger partial charge in [-0.05, 0) is 44.1 Å². The Labute approximate surface area is 93.5 Å². The number of nitrogens with one attached hydrogen (secondary N) is 1. The van der Waals surface area contributed by atoms with Crippen LogP contribution in [0.5, 0.6) is 0 Å². The van der Waals surface area contributed by atoms with Gasteiger partial charge in [0.1, 0.15) is 0 Å². The van der Waals surface area contributed by atoms with Gasteiger partial charge in [0.2, 0.25) is 0 Å². The molecule has 2 saturated carbocycles. The minimum atomic E-state index is 0.377. The molecule has 0 aromatic rings. The van der Waals surface area contributed by atoms with Crippen molar-refractivity contribution in [2.75, 3.05) is 13.2 Å². The molecule has 2 aliphatic carbocycles.